The quantitative estimate of drug-likeness (QED) is 0.0225. The fraction of sp³-hybridized carbons (Fsp3) is 0.463. The number of thioether (sulfide) groups is 1. The highest BCUT2D eigenvalue weighted by atomic mass is 32.2. The van der Waals surface area contributed by atoms with Crippen molar-refractivity contribution < 1.29 is 99.6 Å². The van der Waals surface area contributed by atoms with Crippen LogP contribution in [0.1, 0.15) is 55.3 Å². The van der Waals surface area contributed by atoms with Crippen molar-refractivity contribution in [3.05, 3.63) is 54.3 Å². The summed E-state index contributed by atoms with van der Waals surface area (Å²) >= 11 is 0.731. The monoisotopic (exact) mass is 1190 g/mol. The Balaban J connectivity index is 0.902. The summed E-state index contributed by atoms with van der Waals surface area (Å²) in [6, 6.07) is 5.16. The van der Waals surface area contributed by atoms with E-state index in [0.29, 0.717) is 23.2 Å². The number of amides is 3. The SMILES string of the molecule is CN(Cc1coc2nc(N)nc(N)c12)c1ccc(C(=O)NC(CCC(=O)O)C(=O)SCCNC(=O)CCNC(=O)C(O)C(C)(C)COP(=O)(O)OP(=O)(O)OCC2OC(n3cnc4c(N)ncnc43)C(O)C2OP(=O)(O)O)cc1. The van der Waals surface area contributed by atoms with E-state index in [-0.39, 0.29) is 71.7 Å². The van der Waals surface area contributed by atoms with E-state index in [9.17, 15) is 72.6 Å². The van der Waals surface area contributed by atoms with Gasteiger partial charge in [0.2, 0.25) is 28.6 Å². The normalized spacial score (nSPS) is 19.1. The molecule has 5 aromatic rings. The number of fused-ring (bicyclic) bond motifs is 2. The maximum atomic E-state index is 13.2. The number of nitrogens with one attached hydrogen (secondary N) is 3. The van der Waals surface area contributed by atoms with Gasteiger partial charge in [-0.2, -0.15) is 14.3 Å². The fourth-order valence-corrected chi connectivity index (χ4v) is 11.1. The third kappa shape index (κ3) is 16.9. The van der Waals surface area contributed by atoms with E-state index in [1.54, 1.807) is 19.2 Å². The number of carbonyl (C=O) groups is 5. The smallest absolute Gasteiger partial charge is 0.481 e. The third-order valence-corrected chi connectivity index (χ3v) is 15.6. The fourth-order valence-electron chi connectivity index (χ4n) is 7.52. The van der Waals surface area contributed by atoms with Crippen LogP contribution in [0.5, 0.6) is 0 Å². The van der Waals surface area contributed by atoms with Crippen molar-refractivity contribution in [1.29, 1.82) is 0 Å². The Morgan fingerprint density at radius 1 is 0.937 bits per heavy atom. The van der Waals surface area contributed by atoms with Gasteiger partial charge in [-0.05, 0) is 30.7 Å². The molecular weight excluding hydrogens is 1140 g/mol. The number of nitrogens with zero attached hydrogens (tertiary/aromatic N) is 7. The van der Waals surface area contributed by atoms with Crippen LogP contribution in [0.25, 0.3) is 22.3 Å². The number of hydrogen-bond donors (Lipinski definition) is 13. The summed E-state index contributed by atoms with van der Waals surface area (Å²) in [5.74, 6) is -3.46. The number of phosphoric acid groups is 3. The molecule has 8 unspecified atom stereocenters. The molecule has 0 spiro atoms. The maximum absolute atomic E-state index is 13.2. The minimum absolute atomic E-state index is 0.00380. The molecule has 0 aliphatic carbocycles. The molecule has 0 bridgehead atoms. The number of aliphatic carboxylic acids is 1. The molecular formula is C41H56N13O21P3S. The Bertz CT molecular complexity index is 3180. The molecule has 8 atom stereocenters. The highest BCUT2D eigenvalue weighted by Crippen LogP contribution is 2.61. The molecule has 6 rings (SSSR count). The molecule has 1 aliphatic rings. The van der Waals surface area contributed by atoms with E-state index in [4.69, 9.17) is 35.4 Å². The van der Waals surface area contributed by atoms with Crippen LogP contribution < -0.4 is 38.1 Å². The predicted octanol–water partition coefficient (Wildman–Crippen LogP) is -0.335. The first-order valence-electron chi connectivity index (χ1n) is 23.1. The average Bonchev–Trinajstić information content (AvgIpc) is 4.29. The molecule has 79 heavy (non-hydrogen) atoms. The van der Waals surface area contributed by atoms with Crippen LogP contribution in [-0.2, 0) is 62.0 Å². The van der Waals surface area contributed by atoms with E-state index in [1.165, 1.54) is 32.2 Å². The van der Waals surface area contributed by atoms with Gasteiger partial charge in [0, 0.05) is 67.5 Å². The lowest BCUT2D eigenvalue weighted by atomic mass is 9.87. The number of carboxylic acid groups (broad SMARTS) is 1. The van der Waals surface area contributed by atoms with Gasteiger partial charge in [-0.1, -0.05) is 25.6 Å². The van der Waals surface area contributed by atoms with Crippen LogP contribution in [-0.4, -0.2) is 163 Å². The van der Waals surface area contributed by atoms with Crippen LogP contribution in [0.4, 0.5) is 23.3 Å². The van der Waals surface area contributed by atoms with Gasteiger partial charge in [-0.3, -0.25) is 42.1 Å². The second-order valence-corrected chi connectivity index (χ2v) is 23.3. The van der Waals surface area contributed by atoms with Crippen molar-refractivity contribution in [3.63, 3.8) is 0 Å². The van der Waals surface area contributed by atoms with E-state index in [1.807, 2.05) is 4.90 Å². The summed E-state index contributed by atoms with van der Waals surface area (Å²) in [6.45, 7) is 0.200. The zero-order valence-corrected chi connectivity index (χ0v) is 45.3. The van der Waals surface area contributed by atoms with E-state index in [0.717, 1.165) is 29.0 Å². The summed E-state index contributed by atoms with van der Waals surface area (Å²) in [7, 11) is -14.8. The second kappa shape index (κ2) is 25.9. The molecule has 0 radical (unpaired) electrons. The average molecular weight is 1190 g/mol. The number of phosphoric ester groups is 3. The number of ether oxygens (including phenoxy) is 1. The van der Waals surface area contributed by atoms with Gasteiger partial charge in [0.25, 0.3) is 5.91 Å². The number of rotatable bonds is 28. The van der Waals surface area contributed by atoms with Gasteiger partial charge in [-0.15, -0.1) is 0 Å². The van der Waals surface area contributed by atoms with Crippen LogP contribution in [0.3, 0.4) is 0 Å². The highest BCUT2D eigenvalue weighted by molar-refractivity contribution is 8.13. The lowest BCUT2D eigenvalue weighted by Crippen LogP contribution is -2.46. The van der Waals surface area contributed by atoms with Gasteiger partial charge < -0.3 is 82.1 Å². The van der Waals surface area contributed by atoms with Gasteiger partial charge >= 0.3 is 29.4 Å². The first kappa shape index (κ1) is 61.9. The lowest BCUT2D eigenvalue weighted by molar-refractivity contribution is -0.138. The Kier molecular flexibility index (Phi) is 20.3. The first-order valence-corrected chi connectivity index (χ1v) is 28.6. The number of imidazole rings is 1. The Morgan fingerprint density at radius 2 is 1.63 bits per heavy atom. The maximum Gasteiger partial charge on any atom is 0.481 e. The molecule has 1 aromatic carbocycles. The number of nitrogen functional groups attached to an aromatic ring is 3. The number of hydrogen-bond acceptors (Lipinski definition) is 26. The number of furan rings is 1. The number of carboxylic acids is 1. The number of benzene rings is 1. The summed E-state index contributed by atoms with van der Waals surface area (Å²) in [6.07, 6.45) is -6.55. The molecule has 16 N–H and O–H groups in total. The minimum Gasteiger partial charge on any atom is -0.481 e. The summed E-state index contributed by atoms with van der Waals surface area (Å²) in [5.41, 5.74) is 17.6. The number of anilines is 4. The van der Waals surface area contributed by atoms with Gasteiger partial charge in [0.05, 0.1) is 37.2 Å². The van der Waals surface area contributed by atoms with Crippen molar-refractivity contribution in [1.82, 2.24) is 45.4 Å². The topological polar surface area (TPSA) is 524 Å². The van der Waals surface area contributed by atoms with Gasteiger partial charge in [0.15, 0.2) is 17.7 Å². The first-order chi connectivity index (χ1) is 36.9. The molecule has 34 nitrogen and oxygen atoms in total. The molecule has 3 amide bonds. The molecule has 38 heteroatoms. The predicted molar refractivity (Wildman–Crippen MR) is 274 cm³/mol. The van der Waals surface area contributed by atoms with Crippen molar-refractivity contribution in [2.75, 3.05) is 61.2 Å². The molecule has 1 saturated heterocycles. The largest absolute Gasteiger partial charge is 0.481 e. The molecule has 1 aliphatic heterocycles. The zero-order chi connectivity index (χ0) is 58.2. The van der Waals surface area contributed by atoms with E-state index < -0.39 is 114 Å². The van der Waals surface area contributed by atoms with Crippen molar-refractivity contribution >= 4 is 110 Å². The van der Waals surface area contributed by atoms with Crippen molar-refractivity contribution in [3.8, 4) is 0 Å². The summed E-state index contributed by atoms with van der Waals surface area (Å²) < 4.78 is 68.0. The zero-order valence-electron chi connectivity index (χ0n) is 41.8. The molecule has 1 fully saturated rings. The van der Waals surface area contributed by atoms with Crippen molar-refractivity contribution in [2.45, 2.75) is 76.3 Å². The number of aromatic nitrogens is 6. The van der Waals surface area contributed by atoms with Crippen LogP contribution in [0.15, 0.2) is 47.6 Å². The highest BCUT2D eigenvalue weighted by Gasteiger charge is 2.50. The Labute approximate surface area is 450 Å². The molecule has 0 saturated carbocycles. The summed E-state index contributed by atoms with van der Waals surface area (Å²) in [5, 5.41) is 38.3. The van der Waals surface area contributed by atoms with Gasteiger partial charge in [0.1, 0.15) is 42.1 Å². The molecule has 432 valence electrons. The lowest BCUT2D eigenvalue weighted by Gasteiger charge is -2.30. The molecule has 5 heterocycles. The van der Waals surface area contributed by atoms with Crippen LogP contribution in [0, 0.1) is 5.41 Å². The number of nitrogens with two attached hydrogens (primary N) is 3. The Morgan fingerprint density at radius 3 is 2.32 bits per heavy atom. The minimum atomic E-state index is -5.64. The number of carbonyl (C=O) groups excluding carboxylic acids is 4. The number of aliphatic hydroxyl groups excluding tert-OH is 2. The second-order valence-electron chi connectivity index (χ2n) is 18.0. The molecule has 4 aromatic heterocycles. The summed E-state index contributed by atoms with van der Waals surface area (Å²) in [4.78, 5) is 124. The standard InChI is InChI=1S/C41H56N13O21P3S/c1-41(2,17-72-78(68,69)75-77(66,67)71-16-24-30(74-76(63,64)65)29(58)38(73-24)54-19-49-28-33(43)47-18-48-34(28)54)31(59)36(61)46-11-10-25(55)45-12-13-79-39(62)23(8-9-26(56)57)50-35(60)20-4-6-22(7-5-20)53(3)14-21-15-70-37-27(21)32(42)51-40(44)52-37/h4-7,15,18-19,23-24,29-31,38,58-59H,8-14,16-17H2,1-3H3,(H,45,55)(H,46,61)(H,50,60)(H,56,57)(H,66,67)(H,68,69)(H2,43,47,48)(H2,63,64,65)(H4,42,44,51,52). The van der Waals surface area contributed by atoms with Crippen LogP contribution >= 0.6 is 35.2 Å². The van der Waals surface area contributed by atoms with Crippen molar-refractivity contribution in [2.24, 2.45) is 5.41 Å². The Hall–Kier alpha value is -6.26. The van der Waals surface area contributed by atoms with Crippen LogP contribution in [0.2, 0.25) is 0 Å². The van der Waals surface area contributed by atoms with E-state index >= 15 is 0 Å². The number of aliphatic hydroxyl groups is 2. The van der Waals surface area contributed by atoms with E-state index in [2.05, 4.69) is 49.7 Å². The van der Waals surface area contributed by atoms with Gasteiger partial charge in [-0.25, -0.2) is 28.6 Å². The third-order valence-electron chi connectivity index (χ3n) is 11.5.